The van der Waals surface area contributed by atoms with E-state index < -0.39 is 5.97 Å². The van der Waals surface area contributed by atoms with Crippen molar-refractivity contribution < 1.29 is 19.8 Å². The Bertz CT molecular complexity index is 67.5. The molecular formula is C3H11CaMgNaO4. The van der Waals surface area contributed by atoms with Gasteiger partial charge in [0.25, 0.3) is 12.4 Å². The summed E-state index contributed by atoms with van der Waals surface area (Å²) in [5.41, 5.74) is 0. The van der Waals surface area contributed by atoms with Gasteiger partial charge in [-0.25, -0.2) is 0 Å². The summed E-state index contributed by atoms with van der Waals surface area (Å²) in [6.45, 7) is 0.833. The topological polar surface area (TPSA) is 74.6 Å². The molecule has 52 valence electrons. The predicted octanol–water partition coefficient (Wildman–Crippen LogP) is -2.69. The van der Waals surface area contributed by atoms with Crippen LogP contribution in [0.25, 0.3) is 0 Å². The molecule has 0 bridgehead atoms. The van der Waals surface area contributed by atoms with Crippen LogP contribution in [-0.4, -0.2) is 113 Å². The number of rotatable bonds is 0. The molecule has 0 unspecified atom stereocenters. The van der Waals surface area contributed by atoms with Gasteiger partial charge in [0.15, 0.2) is 0 Å². The van der Waals surface area contributed by atoms with Gasteiger partial charge in [-0.1, -0.05) is 0 Å². The van der Waals surface area contributed by atoms with E-state index in [-0.39, 0.29) is 96.8 Å². The Kier molecular flexibility index (Phi) is 90.7. The van der Waals surface area contributed by atoms with Crippen LogP contribution in [0, 0.1) is 0 Å². The molecule has 0 saturated carbocycles. The zero-order valence-corrected chi connectivity index (χ0v) is 3.79. The molecule has 4 nitrogen and oxygen atoms in total. The van der Waals surface area contributed by atoms with Crippen molar-refractivity contribution in [3.05, 3.63) is 0 Å². The van der Waals surface area contributed by atoms with Gasteiger partial charge >= 0.3 is 90.3 Å². The third-order valence-corrected chi connectivity index (χ3v) is 0. The van der Waals surface area contributed by atoms with E-state index in [9.17, 15) is 0 Å². The SMILES string of the molecule is CC(=O)O.O=CO.[CaH2].[MgH2].[NaH]. The van der Waals surface area contributed by atoms with E-state index in [1.54, 1.807) is 0 Å². The average molecular weight is 198 g/mol. The fraction of sp³-hybridized carbons (Fsp3) is 0.333. The molecule has 0 aliphatic rings. The summed E-state index contributed by atoms with van der Waals surface area (Å²) in [7, 11) is 0. The summed E-state index contributed by atoms with van der Waals surface area (Å²) in [6.07, 6.45) is 0. The van der Waals surface area contributed by atoms with Gasteiger partial charge in [-0.05, 0) is 0 Å². The second-order valence-corrected chi connectivity index (χ2v) is 0.624. The molecular weight excluding hydrogens is 187 g/mol. The van der Waals surface area contributed by atoms with Crippen molar-refractivity contribution in [2.45, 2.75) is 6.92 Å². The van der Waals surface area contributed by atoms with Gasteiger partial charge in [-0.3, -0.25) is 9.59 Å². The molecule has 0 atom stereocenters. The van der Waals surface area contributed by atoms with E-state index in [2.05, 4.69) is 0 Å². The first-order chi connectivity index (χ1) is 3.15. The summed E-state index contributed by atoms with van der Waals surface area (Å²) in [5.74, 6) is -0.833. The number of hydrogen-bond donors (Lipinski definition) is 2. The van der Waals surface area contributed by atoms with E-state index in [0.717, 1.165) is 6.92 Å². The maximum absolute atomic E-state index is 9.00. The van der Waals surface area contributed by atoms with Crippen molar-refractivity contribution in [2.75, 3.05) is 0 Å². The molecule has 7 heteroatoms. The van der Waals surface area contributed by atoms with Crippen LogP contribution >= 0.6 is 0 Å². The number of carboxylic acid groups (broad SMARTS) is 2. The second-order valence-electron chi connectivity index (χ2n) is 0.624. The van der Waals surface area contributed by atoms with E-state index in [1.165, 1.54) is 0 Å². The van der Waals surface area contributed by atoms with E-state index in [4.69, 9.17) is 19.8 Å². The number of carboxylic acids is 1. The van der Waals surface area contributed by atoms with Gasteiger partial charge < -0.3 is 10.2 Å². The molecule has 0 rings (SSSR count). The first-order valence-electron chi connectivity index (χ1n) is 1.42. The van der Waals surface area contributed by atoms with Gasteiger partial charge in [-0.2, -0.15) is 0 Å². The zero-order valence-electron chi connectivity index (χ0n) is 3.79. The molecule has 0 spiro atoms. The number of hydrogen-bond acceptors (Lipinski definition) is 2. The normalized spacial score (nSPS) is 3.70. The van der Waals surface area contributed by atoms with E-state index in [1.807, 2.05) is 0 Å². The van der Waals surface area contributed by atoms with Crippen molar-refractivity contribution in [3.63, 3.8) is 0 Å². The minimum atomic E-state index is -0.833. The Morgan fingerprint density at radius 2 is 1.50 bits per heavy atom. The van der Waals surface area contributed by atoms with Gasteiger partial charge in [0.2, 0.25) is 0 Å². The summed E-state index contributed by atoms with van der Waals surface area (Å²) in [5, 5.41) is 14.3. The summed E-state index contributed by atoms with van der Waals surface area (Å²) >= 11 is 0. The molecule has 10 heavy (non-hydrogen) atoms. The number of carbonyl (C=O) groups is 2. The van der Waals surface area contributed by atoms with Crippen LogP contribution in [0.1, 0.15) is 6.92 Å². The molecule has 0 radical (unpaired) electrons. The van der Waals surface area contributed by atoms with Crippen molar-refractivity contribution in [2.24, 2.45) is 0 Å². The molecule has 0 amide bonds. The Morgan fingerprint density at radius 1 is 1.50 bits per heavy atom. The predicted molar refractivity (Wildman–Crippen MR) is 46.2 cm³/mol. The molecule has 2 N–H and O–H groups in total. The van der Waals surface area contributed by atoms with E-state index in [0.29, 0.717) is 0 Å². The molecule has 0 saturated heterocycles. The van der Waals surface area contributed by atoms with Gasteiger partial charge in [-0.15, -0.1) is 0 Å². The fourth-order valence-electron chi connectivity index (χ4n) is 0. The van der Waals surface area contributed by atoms with Gasteiger partial charge in [0, 0.05) is 6.92 Å². The van der Waals surface area contributed by atoms with Crippen LogP contribution in [0.15, 0.2) is 0 Å². The van der Waals surface area contributed by atoms with Crippen LogP contribution in [0.2, 0.25) is 0 Å². The monoisotopic (exact) mass is 198 g/mol. The minimum absolute atomic E-state index is 0. The Morgan fingerprint density at radius 3 is 1.50 bits per heavy atom. The Balaban J connectivity index is -0.0000000131. The average Bonchev–Trinajstić information content (AvgIpc) is 1.33. The summed E-state index contributed by atoms with van der Waals surface area (Å²) in [4.78, 5) is 17.4. The molecule has 0 aliphatic heterocycles. The van der Waals surface area contributed by atoms with Crippen molar-refractivity contribution in [1.82, 2.24) is 0 Å². The molecule has 0 heterocycles. The number of aliphatic carboxylic acids is 1. The van der Waals surface area contributed by atoms with Crippen LogP contribution in [0.5, 0.6) is 0 Å². The van der Waals surface area contributed by atoms with Crippen molar-refractivity contribution in [1.29, 1.82) is 0 Å². The van der Waals surface area contributed by atoms with Gasteiger partial charge in [0.05, 0.1) is 0 Å². The summed E-state index contributed by atoms with van der Waals surface area (Å²) in [6, 6.07) is 0. The zero-order chi connectivity index (χ0) is 6.28. The molecule has 0 aliphatic carbocycles. The molecule has 0 aromatic rings. The van der Waals surface area contributed by atoms with Crippen LogP contribution in [-0.2, 0) is 9.59 Å². The molecule has 0 fully saturated rings. The van der Waals surface area contributed by atoms with Crippen LogP contribution in [0.3, 0.4) is 0 Å². The Hall–Kier alpha value is 1.97. The van der Waals surface area contributed by atoms with Crippen LogP contribution < -0.4 is 0 Å². The quantitative estimate of drug-likeness (QED) is 0.328. The standard InChI is InChI=1S/C2H4O2.CH2O2.Ca.Mg.Na.5H/c1-2(3)4;2-1-3;;;;;;;;/h1H3,(H,3,4);1H,(H,2,3);;;;;;;;. The maximum atomic E-state index is 9.00. The van der Waals surface area contributed by atoms with Crippen LogP contribution in [0.4, 0.5) is 0 Å². The Labute approximate surface area is 127 Å². The first kappa shape index (κ1) is 29.7. The second kappa shape index (κ2) is 30.6. The first-order valence-corrected chi connectivity index (χ1v) is 1.42. The summed E-state index contributed by atoms with van der Waals surface area (Å²) < 4.78 is 0. The van der Waals surface area contributed by atoms with Crippen molar-refractivity contribution in [3.8, 4) is 0 Å². The van der Waals surface area contributed by atoms with Gasteiger partial charge in [0.1, 0.15) is 0 Å². The van der Waals surface area contributed by atoms with E-state index >= 15 is 0 Å². The van der Waals surface area contributed by atoms with Crippen molar-refractivity contribution >= 4 is 103 Å². The third kappa shape index (κ3) is 207. The third-order valence-electron chi connectivity index (χ3n) is 0. The molecule has 0 aromatic heterocycles. The molecule has 0 aromatic carbocycles. The fourth-order valence-corrected chi connectivity index (χ4v) is 0.